The van der Waals surface area contributed by atoms with E-state index in [0.29, 0.717) is 0 Å². The van der Waals surface area contributed by atoms with Gasteiger partial charge in [-0.3, -0.25) is 14.9 Å². The molecular weight excluding hydrogens is 491 g/mol. The molecule has 35 heavy (non-hydrogen) atoms. The molecule has 13 heteroatoms. The van der Waals surface area contributed by atoms with Gasteiger partial charge in [0, 0.05) is 17.7 Å². The maximum atomic E-state index is 12.8. The van der Waals surface area contributed by atoms with Gasteiger partial charge in [0.2, 0.25) is 5.91 Å². The van der Waals surface area contributed by atoms with E-state index in [-0.39, 0.29) is 33.9 Å². The lowest BCUT2D eigenvalue weighted by molar-refractivity contribution is -0.384. The molecule has 182 valence electrons. The molecule has 0 aliphatic carbocycles. The fraction of sp³-hybridized carbons (Fsp3) is 0.0909. The van der Waals surface area contributed by atoms with Crippen molar-refractivity contribution in [3.05, 3.63) is 99.6 Å². The van der Waals surface area contributed by atoms with Crippen molar-refractivity contribution >= 4 is 27.9 Å². The number of carbonyl (C=O) groups is 1. The highest BCUT2D eigenvalue weighted by Crippen LogP contribution is 2.29. The first kappa shape index (κ1) is 25.4. The number of hydrogen-bond acceptors (Lipinski definition) is 7. The SMILES string of the molecule is O=C(Cc1cccc(C(F)(F)F)c1)N/N=C/c1ccccc1OS(=O)(=O)c1ccc([N+](=O)[O-])cc1. The molecule has 0 spiro atoms. The third-order valence-electron chi connectivity index (χ3n) is 4.47. The predicted octanol–water partition coefficient (Wildman–Crippen LogP) is 4.07. The minimum absolute atomic E-state index is 0.130. The number of amides is 1. The Kier molecular flexibility index (Phi) is 7.49. The summed E-state index contributed by atoms with van der Waals surface area (Å²) in [5.41, 5.74) is 1.27. The number of non-ortho nitro benzene ring substituents is 1. The van der Waals surface area contributed by atoms with Crippen molar-refractivity contribution in [2.75, 3.05) is 0 Å². The second-order valence-electron chi connectivity index (χ2n) is 6.99. The van der Waals surface area contributed by atoms with E-state index in [9.17, 15) is 36.5 Å². The zero-order chi connectivity index (χ0) is 25.6. The Morgan fingerprint density at radius 1 is 1.06 bits per heavy atom. The Hall–Kier alpha value is -4.26. The molecule has 0 bridgehead atoms. The molecule has 3 aromatic carbocycles. The van der Waals surface area contributed by atoms with E-state index in [2.05, 4.69) is 10.5 Å². The normalized spacial score (nSPS) is 11.9. The van der Waals surface area contributed by atoms with E-state index in [1.165, 1.54) is 30.3 Å². The largest absolute Gasteiger partial charge is 0.416 e. The Labute approximate surface area is 197 Å². The van der Waals surface area contributed by atoms with Gasteiger partial charge in [0.15, 0.2) is 5.75 Å². The summed E-state index contributed by atoms with van der Waals surface area (Å²) in [5.74, 6) is -0.834. The Morgan fingerprint density at radius 2 is 1.74 bits per heavy atom. The molecule has 0 radical (unpaired) electrons. The van der Waals surface area contributed by atoms with Gasteiger partial charge in [0.05, 0.1) is 23.1 Å². The molecule has 0 aromatic heterocycles. The molecule has 9 nitrogen and oxygen atoms in total. The lowest BCUT2D eigenvalue weighted by Crippen LogP contribution is -2.20. The highest BCUT2D eigenvalue weighted by molar-refractivity contribution is 7.87. The number of nitrogens with one attached hydrogen (secondary N) is 1. The van der Waals surface area contributed by atoms with Crippen LogP contribution in [0.15, 0.2) is 82.8 Å². The predicted molar refractivity (Wildman–Crippen MR) is 118 cm³/mol. The number of hydrazone groups is 1. The minimum Gasteiger partial charge on any atom is -0.378 e. The fourth-order valence-corrected chi connectivity index (χ4v) is 3.77. The van der Waals surface area contributed by atoms with E-state index in [0.717, 1.165) is 42.6 Å². The van der Waals surface area contributed by atoms with Crippen LogP contribution < -0.4 is 9.61 Å². The van der Waals surface area contributed by atoms with E-state index in [4.69, 9.17) is 4.18 Å². The van der Waals surface area contributed by atoms with Crippen LogP contribution in [0.2, 0.25) is 0 Å². The molecule has 0 saturated heterocycles. The topological polar surface area (TPSA) is 128 Å². The number of para-hydroxylation sites is 1. The number of benzene rings is 3. The molecule has 0 aliphatic heterocycles. The van der Waals surface area contributed by atoms with E-state index >= 15 is 0 Å². The average Bonchev–Trinajstić information content (AvgIpc) is 2.79. The monoisotopic (exact) mass is 507 g/mol. The number of alkyl halides is 3. The first-order valence-electron chi connectivity index (χ1n) is 9.72. The van der Waals surface area contributed by atoms with Crippen molar-refractivity contribution in [1.29, 1.82) is 0 Å². The minimum atomic E-state index is -4.54. The molecule has 0 saturated carbocycles. The Morgan fingerprint density at radius 3 is 2.40 bits per heavy atom. The summed E-state index contributed by atoms with van der Waals surface area (Å²) < 4.78 is 68.6. The zero-order valence-electron chi connectivity index (χ0n) is 17.6. The van der Waals surface area contributed by atoms with Gasteiger partial charge in [-0.2, -0.15) is 26.7 Å². The molecule has 0 fully saturated rings. The van der Waals surface area contributed by atoms with E-state index in [1.807, 2.05) is 0 Å². The number of halogens is 3. The summed E-state index contributed by atoms with van der Waals surface area (Å²) in [6.07, 6.45) is -3.80. The van der Waals surface area contributed by atoms with Crippen LogP contribution in [-0.2, 0) is 27.5 Å². The maximum absolute atomic E-state index is 12.8. The van der Waals surface area contributed by atoms with Crippen LogP contribution in [0.5, 0.6) is 5.75 Å². The molecular formula is C22H16F3N3O6S. The van der Waals surface area contributed by atoms with Crippen LogP contribution in [0.25, 0.3) is 0 Å². The van der Waals surface area contributed by atoms with Crippen molar-refractivity contribution in [2.24, 2.45) is 5.10 Å². The van der Waals surface area contributed by atoms with Crippen molar-refractivity contribution in [3.63, 3.8) is 0 Å². The summed E-state index contributed by atoms with van der Waals surface area (Å²) in [6.45, 7) is 0. The second kappa shape index (κ2) is 10.3. The van der Waals surface area contributed by atoms with Gasteiger partial charge in [-0.1, -0.05) is 30.3 Å². The van der Waals surface area contributed by atoms with Crippen molar-refractivity contribution in [1.82, 2.24) is 5.43 Å². The van der Waals surface area contributed by atoms with Gasteiger partial charge in [-0.15, -0.1) is 0 Å². The first-order chi connectivity index (χ1) is 16.5. The van der Waals surface area contributed by atoms with Crippen molar-refractivity contribution in [3.8, 4) is 5.75 Å². The van der Waals surface area contributed by atoms with Gasteiger partial charge >= 0.3 is 16.3 Å². The van der Waals surface area contributed by atoms with Crippen LogP contribution >= 0.6 is 0 Å². The van der Waals surface area contributed by atoms with E-state index < -0.39 is 32.7 Å². The third kappa shape index (κ3) is 6.86. The number of hydrogen-bond donors (Lipinski definition) is 1. The fourth-order valence-electron chi connectivity index (χ4n) is 2.82. The zero-order valence-corrected chi connectivity index (χ0v) is 18.4. The summed E-state index contributed by atoms with van der Waals surface area (Å²) in [4.78, 5) is 21.8. The van der Waals surface area contributed by atoms with Crippen molar-refractivity contribution in [2.45, 2.75) is 17.5 Å². The summed E-state index contributed by atoms with van der Waals surface area (Å²) in [7, 11) is -4.34. The van der Waals surface area contributed by atoms with Gasteiger partial charge in [0.25, 0.3) is 5.69 Å². The number of carbonyl (C=O) groups excluding carboxylic acids is 1. The summed E-state index contributed by atoms with van der Waals surface area (Å²) in [5, 5.41) is 14.4. The number of nitro benzene ring substituents is 1. The van der Waals surface area contributed by atoms with Gasteiger partial charge in [0.1, 0.15) is 4.90 Å². The molecule has 0 aliphatic rings. The van der Waals surface area contributed by atoms with Crippen LogP contribution in [0.3, 0.4) is 0 Å². The van der Waals surface area contributed by atoms with Gasteiger partial charge in [-0.05, 0) is 35.9 Å². The highest BCUT2D eigenvalue weighted by atomic mass is 32.2. The Bertz CT molecular complexity index is 1370. The van der Waals surface area contributed by atoms with E-state index in [1.54, 1.807) is 6.07 Å². The lowest BCUT2D eigenvalue weighted by atomic mass is 10.1. The molecule has 0 heterocycles. The average molecular weight is 507 g/mol. The smallest absolute Gasteiger partial charge is 0.378 e. The molecule has 0 unspecified atom stereocenters. The molecule has 0 atom stereocenters. The second-order valence-corrected chi connectivity index (χ2v) is 8.54. The standard InChI is InChI=1S/C22H16F3N3O6S/c23-22(24,25)17-6-3-4-15(12-17)13-21(29)27-26-14-16-5-1-2-7-20(16)34-35(32,33)19-10-8-18(9-11-19)28(30)31/h1-12,14H,13H2,(H,27,29)/b26-14+. The first-order valence-corrected chi connectivity index (χ1v) is 11.1. The number of nitro groups is 1. The molecule has 3 rings (SSSR count). The molecule has 1 N–H and O–H groups in total. The quantitative estimate of drug-likeness (QED) is 0.212. The summed E-state index contributed by atoms with van der Waals surface area (Å²) >= 11 is 0. The third-order valence-corrected chi connectivity index (χ3v) is 5.72. The lowest BCUT2D eigenvalue weighted by Gasteiger charge is -2.09. The molecule has 3 aromatic rings. The van der Waals surface area contributed by atoms with Gasteiger partial charge < -0.3 is 4.18 Å². The van der Waals surface area contributed by atoms with Crippen LogP contribution in [-0.4, -0.2) is 25.5 Å². The Balaban J connectivity index is 1.68. The number of nitrogens with zero attached hydrogens (tertiary/aromatic N) is 2. The van der Waals surface area contributed by atoms with Crippen molar-refractivity contribution < 1.29 is 35.5 Å². The highest BCUT2D eigenvalue weighted by Gasteiger charge is 2.30. The number of rotatable bonds is 8. The van der Waals surface area contributed by atoms with Gasteiger partial charge in [-0.25, -0.2) is 5.43 Å². The van der Waals surface area contributed by atoms with Crippen LogP contribution in [0.4, 0.5) is 18.9 Å². The van der Waals surface area contributed by atoms with Crippen LogP contribution in [0.1, 0.15) is 16.7 Å². The van der Waals surface area contributed by atoms with Crippen LogP contribution in [0, 0.1) is 10.1 Å². The summed E-state index contributed by atoms with van der Waals surface area (Å²) in [6, 6.07) is 14.2. The molecule has 1 amide bonds. The maximum Gasteiger partial charge on any atom is 0.416 e.